The van der Waals surface area contributed by atoms with Gasteiger partial charge in [-0.2, -0.15) is 5.10 Å². The summed E-state index contributed by atoms with van der Waals surface area (Å²) in [5.41, 5.74) is 11.1. The lowest BCUT2D eigenvalue weighted by Gasteiger charge is -2.21. The maximum absolute atomic E-state index is 12.8. The van der Waals surface area contributed by atoms with Crippen molar-refractivity contribution in [2.45, 2.75) is 24.3 Å². The number of carbonyl (C=O) groups is 1. The zero-order chi connectivity index (χ0) is 25.2. The van der Waals surface area contributed by atoms with E-state index in [-0.39, 0.29) is 28.5 Å². The fourth-order valence-electron chi connectivity index (χ4n) is 4.83. The maximum atomic E-state index is 12.8. The summed E-state index contributed by atoms with van der Waals surface area (Å²) >= 11 is 0. The predicted molar refractivity (Wildman–Crippen MR) is 135 cm³/mol. The number of hydrogen-bond acceptors (Lipinski definition) is 9. The molecule has 6 rings (SSSR count). The Bertz CT molecular complexity index is 1660. The van der Waals surface area contributed by atoms with Crippen LogP contribution in [0.2, 0.25) is 0 Å². The molecule has 0 unspecified atom stereocenters. The van der Waals surface area contributed by atoms with Gasteiger partial charge in [-0.3, -0.25) is 9.48 Å². The van der Waals surface area contributed by atoms with Crippen molar-refractivity contribution < 1.29 is 13.2 Å². The number of anilines is 3. The van der Waals surface area contributed by atoms with Crippen molar-refractivity contribution in [1.82, 2.24) is 25.0 Å². The van der Waals surface area contributed by atoms with Gasteiger partial charge < -0.3 is 16.4 Å². The number of nitrogens with zero attached hydrogens (tertiary/aromatic N) is 5. The summed E-state index contributed by atoms with van der Waals surface area (Å²) in [7, 11) is -1.55. The van der Waals surface area contributed by atoms with Crippen LogP contribution in [0.3, 0.4) is 0 Å². The highest BCUT2D eigenvalue weighted by atomic mass is 32.2. The highest BCUT2D eigenvalue weighted by Gasteiger charge is 2.44. The van der Waals surface area contributed by atoms with E-state index in [4.69, 9.17) is 5.73 Å². The van der Waals surface area contributed by atoms with Gasteiger partial charge in [0.1, 0.15) is 5.52 Å². The second-order valence-corrected chi connectivity index (χ2v) is 11.4. The Morgan fingerprint density at radius 3 is 2.83 bits per heavy atom. The van der Waals surface area contributed by atoms with Crippen LogP contribution in [-0.2, 0) is 21.7 Å². The van der Waals surface area contributed by atoms with Crippen LogP contribution in [-0.4, -0.2) is 51.6 Å². The van der Waals surface area contributed by atoms with Crippen LogP contribution < -0.4 is 16.4 Å². The first kappa shape index (κ1) is 22.4. The quantitative estimate of drug-likeness (QED) is 0.354. The molecule has 12 heteroatoms. The van der Waals surface area contributed by atoms with Gasteiger partial charge in [-0.25, -0.2) is 13.4 Å². The highest BCUT2D eigenvalue weighted by molar-refractivity contribution is 7.91. The third-order valence-electron chi connectivity index (χ3n) is 6.83. The van der Waals surface area contributed by atoms with Crippen molar-refractivity contribution in [3.63, 3.8) is 0 Å². The number of nitrogens with one attached hydrogen (secondary N) is 2. The Kier molecular flexibility index (Phi) is 4.97. The third kappa shape index (κ3) is 3.73. The van der Waals surface area contributed by atoms with Gasteiger partial charge >= 0.3 is 0 Å². The minimum Gasteiger partial charge on any atom is -0.397 e. The van der Waals surface area contributed by atoms with Crippen LogP contribution in [0.15, 0.2) is 41.8 Å². The zero-order valence-corrected chi connectivity index (χ0v) is 20.5. The molecule has 1 saturated carbocycles. The molecule has 0 bridgehead atoms. The summed E-state index contributed by atoms with van der Waals surface area (Å²) in [4.78, 5) is 17.0. The molecule has 11 nitrogen and oxygen atoms in total. The average molecular weight is 505 g/mol. The van der Waals surface area contributed by atoms with Crippen LogP contribution in [0.5, 0.6) is 0 Å². The summed E-state index contributed by atoms with van der Waals surface area (Å²) in [6.45, 7) is 2.19. The van der Waals surface area contributed by atoms with E-state index in [1.165, 1.54) is 0 Å². The average Bonchev–Trinajstić information content (AvgIpc) is 3.52. The van der Waals surface area contributed by atoms with Crippen molar-refractivity contribution in [3.8, 4) is 11.1 Å². The van der Waals surface area contributed by atoms with Crippen molar-refractivity contribution in [3.05, 3.63) is 47.9 Å². The molecule has 0 saturated heterocycles. The molecule has 1 aliphatic carbocycles. The Morgan fingerprint density at radius 1 is 1.22 bits per heavy atom. The number of nitrogen functional groups attached to an aromatic ring is 1. The molecule has 4 aromatic rings. The number of carbonyl (C=O) groups excluding carboxylic acids is 1. The molecule has 36 heavy (non-hydrogen) atoms. The monoisotopic (exact) mass is 504 g/mol. The first-order valence-electron chi connectivity index (χ1n) is 11.5. The van der Waals surface area contributed by atoms with Gasteiger partial charge in [-0.05, 0) is 54.2 Å². The molecule has 0 radical (unpaired) electrons. The summed E-state index contributed by atoms with van der Waals surface area (Å²) in [6.07, 6.45) is 6.05. The topological polar surface area (TPSA) is 158 Å². The lowest BCUT2D eigenvalue weighted by atomic mass is 9.99. The molecule has 3 aromatic heterocycles. The predicted octanol–water partition coefficient (Wildman–Crippen LogP) is 2.26. The second-order valence-electron chi connectivity index (χ2n) is 9.34. The van der Waals surface area contributed by atoms with E-state index in [1.54, 1.807) is 29.2 Å². The standard InChI is InChI=1S/C24H24N8O3S/c1-12-18(10-27-24-21(12)26-3-4-36(24,34)35)13-5-14-7-20(30-31-22(14)19(25)6-13)29-23(33)17-8-16(17)15-9-28-32(2)11-15/h5-7,9-11,16-17,26H,3-4,8,25H2,1-2H3,(H,29,30,33)/t16-,17+/m1/s1. The summed E-state index contributed by atoms with van der Waals surface area (Å²) in [6, 6.07) is 5.40. The lowest BCUT2D eigenvalue weighted by molar-refractivity contribution is -0.117. The van der Waals surface area contributed by atoms with Gasteiger partial charge in [-0.1, -0.05) is 0 Å². The van der Waals surface area contributed by atoms with Crippen LogP contribution in [0.1, 0.15) is 23.5 Å². The van der Waals surface area contributed by atoms with Crippen LogP contribution in [0.4, 0.5) is 17.2 Å². The minimum atomic E-state index is -3.41. The Balaban J connectivity index is 1.30. The number of benzene rings is 1. The van der Waals surface area contributed by atoms with E-state index < -0.39 is 9.84 Å². The number of pyridine rings is 1. The molecular formula is C24H24N8O3S. The fraction of sp³-hybridized carbons (Fsp3) is 0.292. The number of rotatable bonds is 4. The van der Waals surface area contributed by atoms with Gasteiger partial charge in [0.15, 0.2) is 20.7 Å². The molecule has 0 spiro atoms. The normalized spacial score (nSPS) is 19.9. The van der Waals surface area contributed by atoms with Gasteiger partial charge in [0.2, 0.25) is 5.91 Å². The SMILES string of the molecule is Cc1c(-c2cc(N)c3nnc(NC(=O)[C@H]4C[C@@H]4c4cnn(C)c4)cc3c2)cnc2c1NCCS2(=O)=O. The number of aromatic nitrogens is 5. The minimum absolute atomic E-state index is 0.0196. The first-order valence-corrected chi connectivity index (χ1v) is 13.2. The highest BCUT2D eigenvalue weighted by Crippen LogP contribution is 2.47. The maximum Gasteiger partial charge on any atom is 0.229 e. The van der Waals surface area contributed by atoms with E-state index in [0.717, 1.165) is 28.7 Å². The molecule has 4 N–H and O–H groups in total. The Hall–Kier alpha value is -4.06. The number of amides is 1. The summed E-state index contributed by atoms with van der Waals surface area (Å²) < 4.78 is 26.5. The Morgan fingerprint density at radius 2 is 2.06 bits per heavy atom. The van der Waals surface area contributed by atoms with Gasteiger partial charge in [0, 0.05) is 42.9 Å². The number of fused-ring (bicyclic) bond motifs is 2. The number of sulfone groups is 1. The van der Waals surface area contributed by atoms with Crippen LogP contribution in [0, 0.1) is 12.8 Å². The Labute approximate surface area is 207 Å². The van der Waals surface area contributed by atoms with Gasteiger partial charge in [0.25, 0.3) is 0 Å². The molecule has 1 aliphatic heterocycles. The third-order valence-corrected chi connectivity index (χ3v) is 8.47. The molecule has 1 aromatic carbocycles. The van der Waals surface area contributed by atoms with Crippen LogP contribution in [0.25, 0.3) is 22.0 Å². The van der Waals surface area contributed by atoms with Gasteiger partial charge in [0.05, 0.1) is 23.3 Å². The molecular weight excluding hydrogens is 480 g/mol. The molecule has 1 amide bonds. The van der Waals surface area contributed by atoms with Crippen molar-refractivity contribution in [1.29, 1.82) is 0 Å². The van der Waals surface area contributed by atoms with Crippen molar-refractivity contribution >= 4 is 43.8 Å². The first-order chi connectivity index (χ1) is 17.2. The van der Waals surface area contributed by atoms with Crippen molar-refractivity contribution in [2.24, 2.45) is 13.0 Å². The summed E-state index contributed by atoms with van der Waals surface area (Å²) in [5.74, 6) is 0.283. The number of nitrogens with two attached hydrogens (primary N) is 1. The molecule has 1 fully saturated rings. The van der Waals surface area contributed by atoms with E-state index in [1.807, 2.05) is 26.2 Å². The summed E-state index contributed by atoms with van der Waals surface area (Å²) in [5, 5.41) is 19.4. The fourth-order valence-corrected chi connectivity index (χ4v) is 6.14. The van der Waals surface area contributed by atoms with Crippen LogP contribution >= 0.6 is 0 Å². The lowest BCUT2D eigenvalue weighted by Crippen LogP contribution is -2.25. The molecule has 184 valence electrons. The zero-order valence-electron chi connectivity index (χ0n) is 19.7. The van der Waals surface area contributed by atoms with E-state index in [2.05, 4.69) is 30.9 Å². The molecule has 4 heterocycles. The van der Waals surface area contributed by atoms with E-state index in [9.17, 15) is 13.2 Å². The van der Waals surface area contributed by atoms with Crippen molar-refractivity contribution in [2.75, 3.05) is 28.7 Å². The number of hydrogen-bond donors (Lipinski definition) is 3. The van der Waals surface area contributed by atoms with Gasteiger partial charge in [-0.15, -0.1) is 10.2 Å². The molecule has 2 aliphatic rings. The largest absolute Gasteiger partial charge is 0.397 e. The van der Waals surface area contributed by atoms with E-state index in [0.29, 0.717) is 34.6 Å². The molecule has 2 atom stereocenters. The van der Waals surface area contributed by atoms with E-state index >= 15 is 0 Å². The second kappa shape index (κ2) is 7.98. The smallest absolute Gasteiger partial charge is 0.229 e. The number of aryl methyl sites for hydroxylation is 1.